The van der Waals surface area contributed by atoms with Crippen molar-refractivity contribution in [1.82, 2.24) is 9.03 Å². The molecule has 1 aromatic carbocycles. The fraction of sp³-hybridized carbons (Fsp3) is 0.600. The van der Waals surface area contributed by atoms with Gasteiger partial charge in [-0.3, -0.25) is 0 Å². The van der Waals surface area contributed by atoms with Crippen LogP contribution in [0.5, 0.6) is 11.5 Å². The van der Waals surface area contributed by atoms with E-state index in [4.69, 9.17) is 9.47 Å². The van der Waals surface area contributed by atoms with Crippen LogP contribution in [-0.4, -0.2) is 60.7 Å². The van der Waals surface area contributed by atoms with Crippen molar-refractivity contribution >= 4 is 20.0 Å². The predicted octanol–water partition coefficient (Wildman–Crippen LogP) is 0.796. The van der Waals surface area contributed by atoms with E-state index in [0.717, 1.165) is 19.1 Å². The fourth-order valence-electron chi connectivity index (χ4n) is 2.85. The highest BCUT2D eigenvalue weighted by molar-refractivity contribution is 7.89. The molecule has 1 atom stereocenters. The summed E-state index contributed by atoms with van der Waals surface area (Å²) in [5.74, 6) is 0.628. The maximum absolute atomic E-state index is 13.2. The van der Waals surface area contributed by atoms with E-state index >= 15 is 0 Å². The zero-order chi connectivity index (χ0) is 18.7. The van der Waals surface area contributed by atoms with Gasteiger partial charge in [-0.25, -0.2) is 21.6 Å². The van der Waals surface area contributed by atoms with Gasteiger partial charge < -0.3 is 9.47 Å². The number of sulfonamides is 2. The van der Waals surface area contributed by atoms with Crippen LogP contribution in [0.3, 0.4) is 0 Å². The first-order valence-electron chi connectivity index (χ1n) is 7.87. The van der Waals surface area contributed by atoms with E-state index in [9.17, 15) is 16.8 Å². The maximum atomic E-state index is 13.2. The minimum absolute atomic E-state index is 0.0144. The van der Waals surface area contributed by atoms with Gasteiger partial charge in [0.1, 0.15) is 16.4 Å². The summed E-state index contributed by atoms with van der Waals surface area (Å²) in [5, 5.41) is 0. The van der Waals surface area contributed by atoms with Crippen LogP contribution in [0.2, 0.25) is 0 Å². The number of ether oxygens (including phenoxy) is 2. The first kappa shape index (κ1) is 20.0. The highest BCUT2D eigenvalue weighted by Gasteiger charge is 2.35. The van der Waals surface area contributed by atoms with Gasteiger partial charge in [-0.2, -0.15) is 4.31 Å². The van der Waals surface area contributed by atoms with Crippen molar-refractivity contribution in [2.45, 2.75) is 30.2 Å². The van der Waals surface area contributed by atoms with Crippen molar-refractivity contribution in [2.75, 3.05) is 33.6 Å². The Morgan fingerprint density at radius 3 is 2.48 bits per heavy atom. The van der Waals surface area contributed by atoms with Crippen LogP contribution < -0.4 is 14.2 Å². The molecule has 0 aliphatic carbocycles. The topological polar surface area (TPSA) is 102 Å². The molecular weight excluding hydrogens is 368 g/mol. The second-order valence-corrected chi connectivity index (χ2v) is 9.59. The van der Waals surface area contributed by atoms with Crippen molar-refractivity contribution < 1.29 is 26.3 Å². The Bertz CT molecular complexity index is 807. The molecule has 1 N–H and O–H groups in total. The summed E-state index contributed by atoms with van der Waals surface area (Å²) in [6.07, 6.45) is 3.21. The Hall–Kier alpha value is -1.36. The molecule has 0 radical (unpaired) electrons. The molecule has 0 bridgehead atoms. The number of hydrogen-bond donors (Lipinski definition) is 1. The quantitative estimate of drug-likeness (QED) is 0.736. The molecule has 1 heterocycles. The number of nitrogens with zero attached hydrogens (tertiary/aromatic N) is 1. The van der Waals surface area contributed by atoms with E-state index in [1.54, 1.807) is 12.1 Å². The van der Waals surface area contributed by atoms with Crippen LogP contribution in [0.1, 0.15) is 19.3 Å². The fourth-order valence-corrected chi connectivity index (χ4v) is 5.21. The maximum Gasteiger partial charge on any atom is 0.247 e. The summed E-state index contributed by atoms with van der Waals surface area (Å²) in [4.78, 5) is 0.0144. The van der Waals surface area contributed by atoms with Crippen molar-refractivity contribution in [3.05, 3.63) is 18.2 Å². The molecule has 8 nitrogen and oxygen atoms in total. The third-order valence-electron chi connectivity index (χ3n) is 4.11. The van der Waals surface area contributed by atoms with Gasteiger partial charge in [0.25, 0.3) is 0 Å². The summed E-state index contributed by atoms with van der Waals surface area (Å²) >= 11 is 0. The molecule has 0 amide bonds. The summed E-state index contributed by atoms with van der Waals surface area (Å²) in [7, 11) is -4.40. The molecule has 25 heavy (non-hydrogen) atoms. The molecular formula is C15H24N2O6S2. The Kier molecular flexibility index (Phi) is 6.30. The lowest BCUT2D eigenvalue weighted by atomic mass is 10.1. The monoisotopic (exact) mass is 392 g/mol. The Morgan fingerprint density at radius 1 is 1.16 bits per heavy atom. The normalized spacial score (nSPS) is 19.6. The molecule has 10 heteroatoms. The molecule has 1 saturated heterocycles. The van der Waals surface area contributed by atoms with E-state index in [2.05, 4.69) is 4.72 Å². The highest BCUT2D eigenvalue weighted by atomic mass is 32.2. The molecule has 0 aromatic heterocycles. The second-order valence-electron chi connectivity index (χ2n) is 5.90. The molecule has 142 valence electrons. The molecule has 0 saturated carbocycles. The second kappa shape index (κ2) is 7.90. The number of hydrogen-bond acceptors (Lipinski definition) is 6. The summed E-state index contributed by atoms with van der Waals surface area (Å²) in [6, 6.07) is 4.14. The van der Waals surface area contributed by atoms with Crippen LogP contribution in [0, 0.1) is 0 Å². The van der Waals surface area contributed by atoms with Crippen molar-refractivity contribution in [3.63, 3.8) is 0 Å². The van der Waals surface area contributed by atoms with Gasteiger partial charge in [0, 0.05) is 25.2 Å². The molecule has 2 rings (SSSR count). The highest BCUT2D eigenvalue weighted by Crippen LogP contribution is 2.33. The lowest BCUT2D eigenvalue weighted by Crippen LogP contribution is -2.49. The van der Waals surface area contributed by atoms with Gasteiger partial charge in [-0.05, 0) is 25.0 Å². The minimum Gasteiger partial charge on any atom is -0.497 e. The molecule has 1 fully saturated rings. The Morgan fingerprint density at radius 2 is 1.88 bits per heavy atom. The van der Waals surface area contributed by atoms with Crippen LogP contribution in [0.15, 0.2) is 23.1 Å². The van der Waals surface area contributed by atoms with Crippen molar-refractivity contribution in [1.29, 1.82) is 0 Å². The third-order valence-corrected chi connectivity index (χ3v) is 6.78. The van der Waals surface area contributed by atoms with Crippen LogP contribution in [0.25, 0.3) is 0 Å². The average Bonchev–Trinajstić information content (AvgIpc) is 2.59. The Labute approximate surface area is 149 Å². The minimum atomic E-state index is -3.86. The third kappa shape index (κ3) is 4.84. The van der Waals surface area contributed by atoms with Gasteiger partial charge in [-0.1, -0.05) is 6.42 Å². The predicted molar refractivity (Wildman–Crippen MR) is 93.9 cm³/mol. The Balaban J connectivity index is 2.38. The molecule has 1 aliphatic heterocycles. The standard InChI is InChI=1S/C15H24N2O6S2/c1-22-13-7-8-14(23-2)15(10-13)25(20,21)17-9-5-4-6-12(17)11-16-24(3,18)19/h7-8,10,12,16H,4-6,9,11H2,1-3H3. The average molecular weight is 392 g/mol. The zero-order valence-corrected chi connectivity index (χ0v) is 16.2. The molecule has 1 unspecified atom stereocenters. The van der Waals surface area contributed by atoms with E-state index in [0.29, 0.717) is 18.7 Å². The summed E-state index contributed by atoms with van der Waals surface area (Å²) < 4.78 is 63.2. The number of rotatable bonds is 7. The smallest absolute Gasteiger partial charge is 0.247 e. The van der Waals surface area contributed by atoms with E-state index in [1.165, 1.54) is 24.6 Å². The lowest BCUT2D eigenvalue weighted by molar-refractivity contribution is 0.252. The van der Waals surface area contributed by atoms with Crippen molar-refractivity contribution in [3.8, 4) is 11.5 Å². The summed E-state index contributed by atoms with van der Waals surface area (Å²) in [5.41, 5.74) is 0. The van der Waals surface area contributed by atoms with Crippen molar-refractivity contribution in [2.24, 2.45) is 0 Å². The van der Waals surface area contributed by atoms with E-state index in [-0.39, 0.29) is 17.2 Å². The molecule has 0 spiro atoms. The van der Waals surface area contributed by atoms with Crippen LogP contribution in [-0.2, 0) is 20.0 Å². The first-order valence-corrected chi connectivity index (χ1v) is 11.2. The van der Waals surface area contributed by atoms with Gasteiger partial charge in [0.05, 0.1) is 20.5 Å². The largest absolute Gasteiger partial charge is 0.497 e. The number of methoxy groups -OCH3 is 2. The van der Waals surface area contributed by atoms with Gasteiger partial charge in [0.15, 0.2) is 0 Å². The number of nitrogens with one attached hydrogen (secondary N) is 1. The van der Waals surface area contributed by atoms with E-state index < -0.39 is 26.1 Å². The first-order chi connectivity index (χ1) is 11.7. The van der Waals surface area contributed by atoms with Gasteiger partial charge in [0.2, 0.25) is 20.0 Å². The van der Waals surface area contributed by atoms with Crippen LogP contribution in [0.4, 0.5) is 0 Å². The zero-order valence-electron chi connectivity index (χ0n) is 14.6. The lowest BCUT2D eigenvalue weighted by Gasteiger charge is -2.35. The molecule has 1 aliphatic rings. The number of piperidine rings is 1. The van der Waals surface area contributed by atoms with Crippen LogP contribution >= 0.6 is 0 Å². The van der Waals surface area contributed by atoms with Gasteiger partial charge in [-0.15, -0.1) is 0 Å². The number of benzene rings is 1. The SMILES string of the molecule is COc1ccc(OC)c(S(=O)(=O)N2CCCCC2CNS(C)(=O)=O)c1. The van der Waals surface area contributed by atoms with Gasteiger partial charge >= 0.3 is 0 Å². The molecule has 1 aromatic rings. The summed E-state index contributed by atoms with van der Waals surface area (Å²) in [6.45, 7) is 0.378. The van der Waals surface area contributed by atoms with E-state index in [1.807, 2.05) is 0 Å².